The maximum absolute atomic E-state index is 2.79. The standard InChI is InChI=1S/C65H77BN2S/c1-37-28-53-56-54(29-37)68(41-17-19-45-48(31-41)62(9,10)25-23-60(45,5)6)57-43-32-46-42(38(2)39-20-21-65(46,15)36-39)33-55(43)69-58(57)66(56)51-34-49-50(64(13,14)27-26-63(49,11)12)35-52(51)67(53)40-16-18-44-47(30-40)61(7,8)24-22-59(44,3)4/h16-19,28-35,38-39H,20-27,36H2,1-15H3. The molecule has 13 rings (SSSR count). The number of hydrogen-bond acceptors (Lipinski definition) is 3. The molecule has 7 aliphatic rings. The van der Waals surface area contributed by atoms with Gasteiger partial charge in [0.15, 0.2) is 0 Å². The fraction of sp³-hybridized carbons (Fsp3) is 0.508. The van der Waals surface area contributed by atoms with Gasteiger partial charge in [-0.15, -0.1) is 11.3 Å². The average Bonchev–Trinajstić information content (AvgIpc) is 3.85. The zero-order chi connectivity index (χ0) is 48.5. The summed E-state index contributed by atoms with van der Waals surface area (Å²) in [7, 11) is 0. The van der Waals surface area contributed by atoms with Crippen molar-refractivity contribution in [2.45, 2.75) is 205 Å². The number of benzene rings is 5. The molecule has 5 aromatic carbocycles. The summed E-state index contributed by atoms with van der Waals surface area (Å²) >= 11 is 2.12. The second-order valence-corrected chi connectivity index (χ2v) is 29.2. The van der Waals surface area contributed by atoms with E-state index in [9.17, 15) is 0 Å². The molecule has 356 valence electrons. The van der Waals surface area contributed by atoms with E-state index in [-0.39, 0.29) is 44.6 Å². The van der Waals surface area contributed by atoms with Gasteiger partial charge in [0, 0.05) is 43.3 Å². The van der Waals surface area contributed by atoms with Crippen LogP contribution < -0.4 is 25.5 Å². The number of aryl methyl sites for hydroxylation is 1. The van der Waals surface area contributed by atoms with Gasteiger partial charge in [-0.3, -0.25) is 0 Å². The van der Waals surface area contributed by atoms with Crippen molar-refractivity contribution in [3.63, 3.8) is 0 Å². The molecule has 4 heteroatoms. The summed E-state index contributed by atoms with van der Waals surface area (Å²) in [6, 6.07) is 31.4. The third kappa shape index (κ3) is 6.09. The second-order valence-electron chi connectivity index (χ2n) is 28.1. The van der Waals surface area contributed by atoms with E-state index < -0.39 is 0 Å². The van der Waals surface area contributed by atoms with Crippen LogP contribution in [0.2, 0.25) is 0 Å². The fourth-order valence-electron chi connectivity index (χ4n) is 15.8. The normalized spacial score (nSPS) is 26.3. The van der Waals surface area contributed by atoms with Crippen molar-refractivity contribution in [1.82, 2.24) is 0 Å². The quantitative estimate of drug-likeness (QED) is 0.159. The third-order valence-electron chi connectivity index (χ3n) is 20.8. The monoisotopic (exact) mass is 929 g/mol. The number of anilines is 6. The van der Waals surface area contributed by atoms with Crippen LogP contribution in [0.25, 0.3) is 10.1 Å². The van der Waals surface area contributed by atoms with E-state index >= 15 is 0 Å². The van der Waals surface area contributed by atoms with Crippen LogP contribution >= 0.6 is 11.3 Å². The lowest BCUT2D eigenvalue weighted by Gasteiger charge is -2.48. The Balaban J connectivity index is 1.15. The average molecular weight is 929 g/mol. The molecule has 2 nitrogen and oxygen atoms in total. The number of hydrogen-bond donors (Lipinski definition) is 0. The summed E-state index contributed by atoms with van der Waals surface area (Å²) in [6.45, 7) is 37.6. The van der Waals surface area contributed by atoms with Gasteiger partial charge in [-0.25, -0.2) is 0 Å². The van der Waals surface area contributed by atoms with Crippen molar-refractivity contribution >= 4 is 78.0 Å². The molecule has 3 atom stereocenters. The van der Waals surface area contributed by atoms with Crippen molar-refractivity contribution in [3.8, 4) is 0 Å². The van der Waals surface area contributed by atoms with E-state index in [0.29, 0.717) is 5.92 Å². The van der Waals surface area contributed by atoms with E-state index in [0.717, 1.165) is 5.92 Å². The Morgan fingerprint density at radius 2 is 1.00 bits per heavy atom. The highest BCUT2D eigenvalue weighted by atomic mass is 32.1. The minimum Gasteiger partial charge on any atom is -0.311 e. The molecule has 2 aliphatic heterocycles. The van der Waals surface area contributed by atoms with Crippen LogP contribution in [0.1, 0.15) is 211 Å². The van der Waals surface area contributed by atoms with Gasteiger partial charge in [0.1, 0.15) is 0 Å². The van der Waals surface area contributed by atoms with Crippen LogP contribution in [0.5, 0.6) is 0 Å². The van der Waals surface area contributed by atoms with Crippen LogP contribution in [-0.4, -0.2) is 6.71 Å². The van der Waals surface area contributed by atoms with Gasteiger partial charge in [0.05, 0.1) is 5.69 Å². The van der Waals surface area contributed by atoms with Crippen LogP contribution in [-0.2, 0) is 37.9 Å². The Morgan fingerprint density at radius 3 is 1.57 bits per heavy atom. The van der Waals surface area contributed by atoms with Crippen molar-refractivity contribution in [2.24, 2.45) is 5.92 Å². The van der Waals surface area contributed by atoms with E-state index in [1.54, 1.807) is 16.7 Å². The van der Waals surface area contributed by atoms with Gasteiger partial charge in [-0.05, 0) is 230 Å². The molecule has 3 heterocycles. The highest BCUT2D eigenvalue weighted by Gasteiger charge is 2.51. The molecule has 1 saturated carbocycles. The fourth-order valence-corrected chi connectivity index (χ4v) is 17.2. The highest BCUT2D eigenvalue weighted by Crippen LogP contribution is 2.59. The Morgan fingerprint density at radius 1 is 0.507 bits per heavy atom. The van der Waals surface area contributed by atoms with Crippen LogP contribution in [0.3, 0.4) is 0 Å². The van der Waals surface area contributed by atoms with Gasteiger partial charge in [-0.1, -0.05) is 115 Å². The molecular formula is C65H77BN2S. The van der Waals surface area contributed by atoms with Crippen LogP contribution in [0.15, 0.2) is 72.8 Å². The molecule has 0 amide bonds. The number of nitrogens with zero attached hydrogens (tertiary/aromatic N) is 2. The van der Waals surface area contributed by atoms with E-state index in [1.165, 1.54) is 151 Å². The SMILES string of the molecule is Cc1cc2c3c(c1)N(c1ccc4c(c1)C(C)(C)CCC4(C)C)c1c(sc4cc5c(cc14)C1(C)CCC(C1)C5C)B3c1cc3c(cc1N2c1ccc2c(c1)C(C)(C)CCC2(C)C)C(C)(C)CCC3(C)C. The molecule has 1 fully saturated rings. The summed E-state index contributed by atoms with van der Waals surface area (Å²) < 4.78 is 2.99. The molecule has 0 saturated heterocycles. The molecule has 6 aromatic rings. The molecule has 69 heavy (non-hydrogen) atoms. The molecule has 2 bridgehead atoms. The molecule has 3 unspecified atom stereocenters. The van der Waals surface area contributed by atoms with E-state index in [1.807, 2.05) is 0 Å². The summed E-state index contributed by atoms with van der Waals surface area (Å²) in [6.07, 6.45) is 11.2. The van der Waals surface area contributed by atoms with Gasteiger partial charge in [0.25, 0.3) is 6.71 Å². The maximum Gasteiger partial charge on any atom is 0.264 e. The van der Waals surface area contributed by atoms with Crippen molar-refractivity contribution in [1.29, 1.82) is 0 Å². The van der Waals surface area contributed by atoms with Crippen LogP contribution in [0.4, 0.5) is 34.1 Å². The van der Waals surface area contributed by atoms with Crippen LogP contribution in [0, 0.1) is 12.8 Å². The predicted molar refractivity (Wildman–Crippen MR) is 300 cm³/mol. The van der Waals surface area contributed by atoms with Gasteiger partial charge >= 0.3 is 0 Å². The number of thiophene rings is 1. The lowest BCUT2D eigenvalue weighted by atomic mass is 9.35. The number of rotatable bonds is 2. The summed E-state index contributed by atoms with van der Waals surface area (Å²) in [5.41, 5.74) is 25.8. The molecule has 0 N–H and O–H groups in total. The molecule has 5 aliphatic carbocycles. The molecule has 0 radical (unpaired) electrons. The first-order chi connectivity index (χ1) is 32.3. The van der Waals surface area contributed by atoms with Gasteiger partial charge in [0.2, 0.25) is 0 Å². The predicted octanol–water partition coefficient (Wildman–Crippen LogP) is 16.5. The first-order valence-electron chi connectivity index (χ1n) is 27.2. The summed E-state index contributed by atoms with van der Waals surface area (Å²) in [4.78, 5) is 5.54. The van der Waals surface area contributed by atoms with E-state index in [2.05, 4.69) is 198 Å². The second kappa shape index (κ2) is 13.8. The first kappa shape index (κ1) is 44.6. The molecule has 1 aromatic heterocycles. The van der Waals surface area contributed by atoms with Gasteiger partial charge < -0.3 is 9.80 Å². The molecule has 0 spiro atoms. The Hall–Kier alpha value is -4.28. The lowest BCUT2D eigenvalue weighted by Crippen LogP contribution is -2.61. The zero-order valence-electron chi connectivity index (χ0n) is 44.8. The minimum absolute atomic E-state index is 0.0810. The van der Waals surface area contributed by atoms with Crippen molar-refractivity contribution < 1.29 is 0 Å². The smallest absolute Gasteiger partial charge is 0.264 e. The summed E-state index contributed by atoms with van der Waals surface area (Å²) in [5, 5.41) is 1.46. The Kier molecular flexibility index (Phi) is 8.94. The third-order valence-corrected chi connectivity index (χ3v) is 22.0. The minimum atomic E-state index is 0.0810. The van der Waals surface area contributed by atoms with Crippen molar-refractivity contribution in [3.05, 3.63) is 123 Å². The first-order valence-corrected chi connectivity index (χ1v) is 28.0. The lowest BCUT2D eigenvalue weighted by molar-refractivity contribution is 0.332. The maximum atomic E-state index is 2.79. The van der Waals surface area contributed by atoms with Gasteiger partial charge in [-0.2, -0.15) is 0 Å². The highest BCUT2D eigenvalue weighted by molar-refractivity contribution is 7.33. The largest absolute Gasteiger partial charge is 0.311 e. The van der Waals surface area contributed by atoms with Crippen molar-refractivity contribution in [2.75, 3.05) is 9.80 Å². The summed E-state index contributed by atoms with van der Waals surface area (Å²) in [5.74, 6) is 1.39. The number of fused-ring (bicyclic) bond motifs is 13. The van der Waals surface area contributed by atoms with E-state index in [4.69, 9.17) is 0 Å². The Bertz CT molecular complexity index is 3240. The Labute approximate surface area is 419 Å². The zero-order valence-corrected chi connectivity index (χ0v) is 45.6. The topological polar surface area (TPSA) is 6.48 Å². The molecular weight excluding hydrogens is 852 g/mol.